The van der Waals surface area contributed by atoms with Crippen LogP contribution in [0.3, 0.4) is 0 Å². The summed E-state index contributed by atoms with van der Waals surface area (Å²) in [6, 6.07) is 2.05. The molecule has 0 radical (unpaired) electrons. The Kier molecular flexibility index (Phi) is 4.80. The van der Waals surface area contributed by atoms with Crippen LogP contribution < -0.4 is 4.90 Å². The average Bonchev–Trinajstić information content (AvgIpc) is 3.14. The zero-order chi connectivity index (χ0) is 18.0. The molecule has 2 fully saturated rings. The third-order valence-electron chi connectivity index (χ3n) is 5.82. The Morgan fingerprint density at radius 2 is 2.23 bits per heavy atom. The highest BCUT2D eigenvalue weighted by Gasteiger charge is 2.42. The summed E-state index contributed by atoms with van der Waals surface area (Å²) in [4.78, 5) is 28.8. The Balaban J connectivity index is 1.52. The fraction of sp³-hybridized carbons (Fsp3) is 0.632. The Morgan fingerprint density at radius 1 is 1.31 bits per heavy atom. The number of nitrogens with zero attached hydrogens (tertiary/aromatic N) is 4. The quantitative estimate of drug-likeness (QED) is 0.831. The van der Waals surface area contributed by atoms with Crippen molar-refractivity contribution in [2.45, 2.75) is 32.1 Å². The first kappa shape index (κ1) is 17.3. The van der Waals surface area contributed by atoms with Crippen LogP contribution in [0.4, 0.5) is 5.82 Å². The number of hydrogen-bond acceptors (Lipinski definition) is 5. The fourth-order valence-electron chi connectivity index (χ4n) is 4.54. The fourth-order valence-corrected chi connectivity index (χ4v) is 4.54. The molecule has 2 aliphatic rings. The summed E-state index contributed by atoms with van der Waals surface area (Å²) in [5.74, 6) is 1.30. The van der Waals surface area contributed by atoms with Gasteiger partial charge in [-0.1, -0.05) is 0 Å². The van der Waals surface area contributed by atoms with E-state index in [9.17, 15) is 4.79 Å². The molecule has 7 heteroatoms. The van der Waals surface area contributed by atoms with Gasteiger partial charge in [-0.15, -0.1) is 0 Å². The van der Waals surface area contributed by atoms with Gasteiger partial charge in [0.15, 0.2) is 0 Å². The number of fused-ring (bicyclic) bond motifs is 1. The summed E-state index contributed by atoms with van der Waals surface area (Å²) in [5, 5.41) is 1.08. The Hall–Kier alpha value is -2.15. The molecule has 1 amide bonds. The molecule has 4 rings (SSSR count). The summed E-state index contributed by atoms with van der Waals surface area (Å²) in [6.45, 7) is 4.32. The number of carbonyl (C=O) groups is 1. The van der Waals surface area contributed by atoms with Crippen LogP contribution in [0.5, 0.6) is 0 Å². The molecule has 2 aromatic rings. The smallest absolute Gasteiger partial charge is 0.222 e. The molecule has 140 valence electrons. The van der Waals surface area contributed by atoms with Crippen LogP contribution in [-0.4, -0.2) is 65.7 Å². The second kappa shape index (κ2) is 7.23. The van der Waals surface area contributed by atoms with Gasteiger partial charge in [-0.05, 0) is 31.7 Å². The lowest BCUT2D eigenvalue weighted by atomic mass is 9.73. The standard InChI is InChI=1S/C19H27N5O2/c1-26-11-3-10-23-12-19(7-4-16(23)25)6-2-9-24(13-19)18-15-5-8-20-17(15)21-14-22-18/h5,8,14H,2-4,6-7,9-13H2,1H3,(H,20,21,22)/t19-/m1/s1. The first-order chi connectivity index (χ1) is 12.7. The highest BCUT2D eigenvalue weighted by Crippen LogP contribution is 2.40. The number of H-pyrrole nitrogens is 1. The number of aromatic nitrogens is 3. The van der Waals surface area contributed by atoms with Crippen LogP contribution in [0.2, 0.25) is 0 Å². The van der Waals surface area contributed by atoms with Crippen LogP contribution in [0, 0.1) is 5.41 Å². The minimum absolute atomic E-state index is 0.173. The molecule has 0 unspecified atom stereocenters. The first-order valence-corrected chi connectivity index (χ1v) is 9.51. The molecule has 2 aliphatic heterocycles. The number of carbonyl (C=O) groups excluding carboxylic acids is 1. The number of amides is 1. The molecular formula is C19H27N5O2. The predicted molar refractivity (Wildman–Crippen MR) is 100 cm³/mol. The van der Waals surface area contributed by atoms with Gasteiger partial charge in [-0.2, -0.15) is 0 Å². The average molecular weight is 357 g/mol. The van der Waals surface area contributed by atoms with E-state index in [2.05, 4.69) is 24.8 Å². The Bertz CT molecular complexity index is 776. The van der Waals surface area contributed by atoms with Gasteiger partial charge in [0.1, 0.15) is 17.8 Å². The van der Waals surface area contributed by atoms with Gasteiger partial charge in [-0.3, -0.25) is 4.79 Å². The van der Waals surface area contributed by atoms with Crippen molar-refractivity contribution >= 4 is 22.8 Å². The van der Waals surface area contributed by atoms with Crippen molar-refractivity contribution in [1.29, 1.82) is 0 Å². The molecule has 0 aromatic carbocycles. The van der Waals surface area contributed by atoms with Crippen molar-refractivity contribution in [3.05, 3.63) is 18.6 Å². The lowest BCUT2D eigenvalue weighted by molar-refractivity contribution is -0.138. The maximum Gasteiger partial charge on any atom is 0.222 e. The maximum absolute atomic E-state index is 12.4. The number of aromatic amines is 1. The SMILES string of the molecule is COCCCN1C[C@@]2(CCCN(c3ncnc4[nH]ccc34)C2)CCC1=O. The summed E-state index contributed by atoms with van der Waals surface area (Å²) < 4.78 is 5.15. The van der Waals surface area contributed by atoms with Crippen LogP contribution in [0.1, 0.15) is 32.1 Å². The number of anilines is 1. The van der Waals surface area contributed by atoms with Crippen molar-refractivity contribution < 1.29 is 9.53 Å². The monoisotopic (exact) mass is 357 g/mol. The topological polar surface area (TPSA) is 74.3 Å². The molecule has 1 N–H and O–H groups in total. The molecule has 0 bridgehead atoms. The number of nitrogens with one attached hydrogen (secondary N) is 1. The van der Waals surface area contributed by atoms with E-state index in [1.165, 1.54) is 6.42 Å². The summed E-state index contributed by atoms with van der Waals surface area (Å²) in [6.07, 6.45) is 8.40. The van der Waals surface area contributed by atoms with E-state index >= 15 is 0 Å². The third kappa shape index (κ3) is 3.28. The van der Waals surface area contributed by atoms with Crippen molar-refractivity contribution in [1.82, 2.24) is 19.9 Å². The molecule has 0 saturated carbocycles. The number of likely N-dealkylation sites (tertiary alicyclic amines) is 1. The molecule has 7 nitrogen and oxygen atoms in total. The lowest BCUT2D eigenvalue weighted by Crippen LogP contribution is -2.54. The minimum atomic E-state index is 0.173. The van der Waals surface area contributed by atoms with Gasteiger partial charge in [0.2, 0.25) is 5.91 Å². The molecular weight excluding hydrogens is 330 g/mol. The van der Waals surface area contributed by atoms with Crippen molar-refractivity contribution in [2.75, 3.05) is 44.8 Å². The molecule has 2 saturated heterocycles. The number of piperidine rings is 2. The first-order valence-electron chi connectivity index (χ1n) is 9.51. The number of ether oxygens (including phenoxy) is 1. The van der Waals surface area contributed by atoms with Gasteiger partial charge in [0, 0.05) is 57.9 Å². The van der Waals surface area contributed by atoms with Crippen molar-refractivity contribution in [2.24, 2.45) is 5.41 Å². The van der Waals surface area contributed by atoms with E-state index in [0.717, 1.165) is 62.3 Å². The van der Waals surface area contributed by atoms with Crippen molar-refractivity contribution in [3.63, 3.8) is 0 Å². The molecule has 2 aromatic heterocycles. The van der Waals surface area contributed by atoms with Gasteiger partial charge in [0.05, 0.1) is 5.39 Å². The normalized spacial score (nSPS) is 24.0. The predicted octanol–water partition coefficient (Wildman–Crippen LogP) is 2.20. The molecule has 1 spiro atoms. The van der Waals surface area contributed by atoms with E-state index in [4.69, 9.17) is 4.74 Å². The highest BCUT2D eigenvalue weighted by atomic mass is 16.5. The van der Waals surface area contributed by atoms with Gasteiger partial charge in [-0.25, -0.2) is 9.97 Å². The number of rotatable bonds is 5. The zero-order valence-electron chi connectivity index (χ0n) is 15.4. The largest absolute Gasteiger partial charge is 0.385 e. The Labute approximate surface area is 153 Å². The molecule has 26 heavy (non-hydrogen) atoms. The van der Waals surface area contributed by atoms with Crippen LogP contribution in [0.15, 0.2) is 18.6 Å². The zero-order valence-corrected chi connectivity index (χ0v) is 15.4. The lowest BCUT2D eigenvalue weighted by Gasteiger charge is -2.48. The van der Waals surface area contributed by atoms with Gasteiger partial charge < -0.3 is 19.5 Å². The van der Waals surface area contributed by atoms with Gasteiger partial charge >= 0.3 is 0 Å². The number of hydrogen-bond donors (Lipinski definition) is 1. The second-order valence-electron chi connectivity index (χ2n) is 7.62. The van der Waals surface area contributed by atoms with Crippen LogP contribution >= 0.6 is 0 Å². The maximum atomic E-state index is 12.4. The third-order valence-corrected chi connectivity index (χ3v) is 5.82. The summed E-state index contributed by atoms with van der Waals surface area (Å²) in [5.41, 5.74) is 1.06. The minimum Gasteiger partial charge on any atom is -0.385 e. The van der Waals surface area contributed by atoms with E-state index in [1.54, 1.807) is 13.4 Å². The highest BCUT2D eigenvalue weighted by molar-refractivity contribution is 5.87. The number of methoxy groups -OCH3 is 1. The molecule has 4 heterocycles. The van der Waals surface area contributed by atoms with E-state index in [0.29, 0.717) is 18.9 Å². The summed E-state index contributed by atoms with van der Waals surface area (Å²) >= 11 is 0. The van der Waals surface area contributed by atoms with E-state index in [1.807, 2.05) is 12.3 Å². The van der Waals surface area contributed by atoms with E-state index < -0.39 is 0 Å². The Morgan fingerprint density at radius 3 is 3.12 bits per heavy atom. The van der Waals surface area contributed by atoms with E-state index in [-0.39, 0.29) is 5.41 Å². The van der Waals surface area contributed by atoms with Crippen molar-refractivity contribution in [3.8, 4) is 0 Å². The van der Waals surface area contributed by atoms with Gasteiger partial charge in [0.25, 0.3) is 0 Å². The van der Waals surface area contributed by atoms with Crippen LogP contribution in [0.25, 0.3) is 11.0 Å². The van der Waals surface area contributed by atoms with Crippen LogP contribution in [-0.2, 0) is 9.53 Å². The summed E-state index contributed by atoms with van der Waals surface area (Å²) in [7, 11) is 1.71. The molecule has 0 aliphatic carbocycles. The molecule has 1 atom stereocenters. The second-order valence-corrected chi connectivity index (χ2v) is 7.62.